The summed E-state index contributed by atoms with van der Waals surface area (Å²) < 4.78 is 0. The van der Waals surface area contributed by atoms with Gasteiger partial charge in [-0.1, -0.05) is 6.92 Å². The van der Waals surface area contributed by atoms with Crippen LogP contribution in [0.25, 0.3) is 0 Å². The van der Waals surface area contributed by atoms with Gasteiger partial charge in [-0.15, -0.1) is 0 Å². The zero-order chi connectivity index (χ0) is 11.8. The zero-order valence-corrected chi connectivity index (χ0v) is 10.0. The molecular formula is C11H23N3O2. The second-order valence-corrected chi connectivity index (χ2v) is 4.19. The first kappa shape index (κ1) is 13.3. The molecule has 1 rings (SSSR count). The Morgan fingerprint density at radius 3 is 3.00 bits per heavy atom. The number of aliphatic hydroxyl groups is 1. The third kappa shape index (κ3) is 4.37. The van der Waals surface area contributed by atoms with Crippen LogP contribution in [0.4, 0.5) is 4.79 Å². The minimum Gasteiger partial charge on any atom is -0.395 e. The molecule has 3 N–H and O–H groups in total. The van der Waals surface area contributed by atoms with E-state index in [1.807, 2.05) is 6.92 Å². The first-order valence-electron chi connectivity index (χ1n) is 6.15. The third-order valence-corrected chi connectivity index (χ3v) is 2.79. The molecule has 1 fully saturated rings. The van der Waals surface area contributed by atoms with Gasteiger partial charge in [0, 0.05) is 25.7 Å². The Bertz CT molecular complexity index is 205. The van der Waals surface area contributed by atoms with E-state index in [2.05, 4.69) is 10.6 Å². The standard InChI is InChI=1S/C11H23N3O2/c1-2-5-13-11(16)14(7-8-15)9-10-4-3-6-12-10/h10,12,15H,2-9H2,1H3,(H,13,16). The highest BCUT2D eigenvalue weighted by Crippen LogP contribution is 2.06. The highest BCUT2D eigenvalue weighted by Gasteiger charge is 2.20. The van der Waals surface area contributed by atoms with Gasteiger partial charge in [0.2, 0.25) is 0 Å². The average molecular weight is 229 g/mol. The number of nitrogens with one attached hydrogen (secondary N) is 2. The maximum absolute atomic E-state index is 11.8. The highest BCUT2D eigenvalue weighted by atomic mass is 16.3. The molecule has 0 saturated carbocycles. The molecule has 1 heterocycles. The molecule has 94 valence electrons. The van der Waals surface area contributed by atoms with Crippen molar-refractivity contribution in [1.82, 2.24) is 15.5 Å². The molecule has 0 aromatic carbocycles. The lowest BCUT2D eigenvalue weighted by atomic mass is 10.2. The van der Waals surface area contributed by atoms with Crippen molar-refractivity contribution in [3.63, 3.8) is 0 Å². The molecule has 0 spiro atoms. The van der Waals surface area contributed by atoms with Crippen LogP contribution in [0.5, 0.6) is 0 Å². The van der Waals surface area contributed by atoms with Gasteiger partial charge in [0.25, 0.3) is 0 Å². The second-order valence-electron chi connectivity index (χ2n) is 4.19. The second kappa shape index (κ2) is 7.46. The molecule has 1 unspecified atom stereocenters. The van der Waals surface area contributed by atoms with Crippen molar-refractivity contribution in [3.8, 4) is 0 Å². The van der Waals surface area contributed by atoms with Gasteiger partial charge in [0.15, 0.2) is 0 Å². The molecule has 1 saturated heterocycles. The van der Waals surface area contributed by atoms with E-state index in [9.17, 15) is 4.79 Å². The lowest BCUT2D eigenvalue weighted by Crippen LogP contribution is -2.47. The van der Waals surface area contributed by atoms with Crippen LogP contribution in [-0.2, 0) is 0 Å². The van der Waals surface area contributed by atoms with E-state index in [1.165, 1.54) is 6.42 Å². The summed E-state index contributed by atoms with van der Waals surface area (Å²) in [6.45, 7) is 4.87. The molecule has 0 radical (unpaired) electrons. The topological polar surface area (TPSA) is 64.6 Å². The smallest absolute Gasteiger partial charge is 0.317 e. The number of hydrogen-bond donors (Lipinski definition) is 3. The summed E-state index contributed by atoms with van der Waals surface area (Å²) in [5, 5.41) is 15.1. The van der Waals surface area contributed by atoms with Crippen molar-refractivity contribution in [2.24, 2.45) is 0 Å². The van der Waals surface area contributed by atoms with Gasteiger partial charge in [-0.2, -0.15) is 0 Å². The third-order valence-electron chi connectivity index (χ3n) is 2.79. The predicted molar refractivity (Wildman–Crippen MR) is 63.4 cm³/mol. The number of carbonyl (C=O) groups excluding carboxylic acids is 1. The molecule has 0 aromatic rings. The van der Waals surface area contributed by atoms with Crippen molar-refractivity contribution >= 4 is 6.03 Å². The van der Waals surface area contributed by atoms with Crippen molar-refractivity contribution in [3.05, 3.63) is 0 Å². The Balaban J connectivity index is 2.35. The van der Waals surface area contributed by atoms with E-state index in [1.54, 1.807) is 4.90 Å². The summed E-state index contributed by atoms with van der Waals surface area (Å²) in [6, 6.07) is 0.323. The summed E-state index contributed by atoms with van der Waals surface area (Å²) in [7, 11) is 0. The van der Waals surface area contributed by atoms with Crippen molar-refractivity contribution in [2.75, 3.05) is 32.8 Å². The monoisotopic (exact) mass is 229 g/mol. The number of carbonyl (C=O) groups is 1. The lowest BCUT2D eigenvalue weighted by Gasteiger charge is -2.25. The molecule has 1 atom stereocenters. The minimum atomic E-state index is -0.0652. The Kier molecular flexibility index (Phi) is 6.18. The van der Waals surface area contributed by atoms with E-state index in [0.29, 0.717) is 25.7 Å². The van der Waals surface area contributed by atoms with Gasteiger partial charge in [0.1, 0.15) is 0 Å². The van der Waals surface area contributed by atoms with Crippen LogP contribution in [0.3, 0.4) is 0 Å². The van der Waals surface area contributed by atoms with Crippen LogP contribution in [0.2, 0.25) is 0 Å². The number of rotatable bonds is 6. The number of hydrogen-bond acceptors (Lipinski definition) is 3. The molecule has 5 nitrogen and oxygen atoms in total. The zero-order valence-electron chi connectivity index (χ0n) is 10.0. The molecule has 16 heavy (non-hydrogen) atoms. The first-order chi connectivity index (χ1) is 7.77. The summed E-state index contributed by atoms with van der Waals surface area (Å²) >= 11 is 0. The SMILES string of the molecule is CCCNC(=O)N(CCO)CC1CCCN1. The molecule has 2 amide bonds. The minimum absolute atomic E-state index is 0.0201. The summed E-state index contributed by atoms with van der Waals surface area (Å²) in [6.07, 6.45) is 3.22. The van der Waals surface area contributed by atoms with Crippen molar-refractivity contribution in [2.45, 2.75) is 32.2 Å². The lowest BCUT2D eigenvalue weighted by molar-refractivity contribution is 0.171. The number of urea groups is 1. The van der Waals surface area contributed by atoms with Gasteiger partial charge in [0.05, 0.1) is 6.61 Å². The molecule has 0 bridgehead atoms. The van der Waals surface area contributed by atoms with Gasteiger partial charge >= 0.3 is 6.03 Å². The summed E-state index contributed by atoms with van der Waals surface area (Å²) in [4.78, 5) is 13.4. The maximum atomic E-state index is 11.8. The van der Waals surface area contributed by atoms with E-state index in [4.69, 9.17) is 5.11 Å². The summed E-state index contributed by atoms with van der Waals surface area (Å²) in [5.41, 5.74) is 0. The number of aliphatic hydroxyl groups excluding tert-OH is 1. The molecule has 5 heteroatoms. The Labute approximate surface area is 97.2 Å². The Morgan fingerprint density at radius 2 is 2.44 bits per heavy atom. The van der Waals surface area contributed by atoms with Gasteiger partial charge in [-0.3, -0.25) is 0 Å². The van der Waals surface area contributed by atoms with Crippen LogP contribution in [0, 0.1) is 0 Å². The van der Waals surface area contributed by atoms with Crippen molar-refractivity contribution in [1.29, 1.82) is 0 Å². The fourth-order valence-electron chi connectivity index (χ4n) is 1.92. The quantitative estimate of drug-likeness (QED) is 0.607. The van der Waals surface area contributed by atoms with E-state index in [-0.39, 0.29) is 12.6 Å². The Morgan fingerprint density at radius 1 is 1.62 bits per heavy atom. The fourth-order valence-corrected chi connectivity index (χ4v) is 1.92. The van der Waals surface area contributed by atoms with E-state index < -0.39 is 0 Å². The van der Waals surface area contributed by atoms with Crippen LogP contribution >= 0.6 is 0 Å². The van der Waals surface area contributed by atoms with E-state index >= 15 is 0 Å². The Hall–Kier alpha value is -0.810. The number of amides is 2. The fraction of sp³-hybridized carbons (Fsp3) is 0.909. The van der Waals surface area contributed by atoms with Gasteiger partial charge in [-0.05, 0) is 25.8 Å². The van der Waals surface area contributed by atoms with E-state index in [0.717, 1.165) is 19.4 Å². The molecule has 1 aliphatic heterocycles. The largest absolute Gasteiger partial charge is 0.395 e. The first-order valence-corrected chi connectivity index (χ1v) is 6.15. The van der Waals surface area contributed by atoms with Gasteiger partial charge < -0.3 is 20.6 Å². The molecular weight excluding hydrogens is 206 g/mol. The van der Waals surface area contributed by atoms with Gasteiger partial charge in [-0.25, -0.2) is 4.79 Å². The highest BCUT2D eigenvalue weighted by molar-refractivity contribution is 5.74. The average Bonchev–Trinajstić information content (AvgIpc) is 2.78. The van der Waals surface area contributed by atoms with Crippen LogP contribution in [0.15, 0.2) is 0 Å². The molecule has 1 aliphatic rings. The van der Waals surface area contributed by atoms with Crippen molar-refractivity contribution < 1.29 is 9.90 Å². The van der Waals surface area contributed by atoms with Crippen LogP contribution < -0.4 is 10.6 Å². The predicted octanol–water partition coefficient (Wildman–Crippen LogP) is 0.152. The normalized spacial score (nSPS) is 19.8. The number of nitrogens with zero attached hydrogens (tertiary/aromatic N) is 1. The summed E-state index contributed by atoms with van der Waals surface area (Å²) in [5.74, 6) is 0. The van der Waals surface area contributed by atoms with Crippen LogP contribution in [-0.4, -0.2) is 54.9 Å². The molecule has 0 aromatic heterocycles. The van der Waals surface area contributed by atoms with Crippen LogP contribution in [0.1, 0.15) is 26.2 Å². The maximum Gasteiger partial charge on any atom is 0.317 e. The molecule has 0 aliphatic carbocycles.